The minimum Gasteiger partial charge on any atom is -0.493 e. The van der Waals surface area contributed by atoms with Crippen LogP contribution in [0.1, 0.15) is 26.2 Å². The number of carbonyl (C=O) groups is 1. The quantitative estimate of drug-likeness (QED) is 0.667. The average molecular weight is 252 g/mol. The van der Waals surface area contributed by atoms with Gasteiger partial charge in [-0.25, -0.2) is 0 Å². The Morgan fingerprint density at radius 1 is 1.17 bits per heavy atom. The molecule has 4 heteroatoms. The predicted octanol–water partition coefficient (Wildman–Crippen LogP) is 2.84. The number of hydrogen-bond donors (Lipinski definition) is 0. The molecule has 0 heterocycles. The lowest BCUT2D eigenvalue weighted by atomic mass is 10.2. The molecule has 0 spiro atoms. The van der Waals surface area contributed by atoms with Crippen molar-refractivity contribution in [3.8, 4) is 17.2 Å². The number of ketones is 1. The maximum Gasteiger partial charge on any atom is 0.203 e. The summed E-state index contributed by atoms with van der Waals surface area (Å²) >= 11 is 0. The fourth-order valence-electron chi connectivity index (χ4n) is 1.58. The monoisotopic (exact) mass is 252 g/mol. The van der Waals surface area contributed by atoms with Gasteiger partial charge in [-0.1, -0.05) is 13.0 Å². The second-order valence-corrected chi connectivity index (χ2v) is 3.84. The molecule has 0 saturated heterocycles. The lowest BCUT2D eigenvalue weighted by Crippen LogP contribution is -2.04. The highest BCUT2D eigenvalue weighted by molar-refractivity contribution is 5.77. The lowest BCUT2D eigenvalue weighted by molar-refractivity contribution is -0.118. The minimum atomic E-state index is 0.255. The van der Waals surface area contributed by atoms with E-state index in [2.05, 4.69) is 0 Å². The molecule has 0 aliphatic heterocycles. The molecule has 0 atom stereocenters. The molecule has 100 valence electrons. The minimum absolute atomic E-state index is 0.255. The number of carbonyl (C=O) groups excluding carboxylic acids is 1. The van der Waals surface area contributed by atoms with Crippen LogP contribution in [0.4, 0.5) is 0 Å². The van der Waals surface area contributed by atoms with Crippen LogP contribution in [0.15, 0.2) is 18.2 Å². The van der Waals surface area contributed by atoms with Crippen molar-refractivity contribution in [3.63, 3.8) is 0 Å². The predicted molar refractivity (Wildman–Crippen MR) is 69.6 cm³/mol. The first-order valence-corrected chi connectivity index (χ1v) is 6.08. The molecule has 0 unspecified atom stereocenters. The number of hydrogen-bond acceptors (Lipinski definition) is 4. The van der Waals surface area contributed by atoms with Crippen molar-refractivity contribution in [2.75, 3.05) is 20.8 Å². The number of Topliss-reactive ketones (excluding diaryl/α,β-unsaturated/α-hetero) is 1. The van der Waals surface area contributed by atoms with Crippen molar-refractivity contribution in [3.05, 3.63) is 18.2 Å². The summed E-state index contributed by atoms with van der Waals surface area (Å²) in [6.45, 7) is 2.34. The van der Waals surface area contributed by atoms with Gasteiger partial charge in [-0.3, -0.25) is 4.79 Å². The standard InChI is InChI=1S/C14H20O4/c1-4-11(15)7-6-10-18-14-12(16-2)8-5-9-13(14)17-3/h5,8-9H,4,6-7,10H2,1-3H3. The maximum atomic E-state index is 11.2. The summed E-state index contributed by atoms with van der Waals surface area (Å²) < 4.78 is 16.1. The van der Waals surface area contributed by atoms with E-state index in [-0.39, 0.29) is 5.78 Å². The molecule has 0 bridgehead atoms. The zero-order chi connectivity index (χ0) is 13.4. The first kappa shape index (κ1) is 14.4. The summed E-state index contributed by atoms with van der Waals surface area (Å²) in [6.07, 6.45) is 1.83. The number of benzene rings is 1. The number of para-hydroxylation sites is 1. The van der Waals surface area contributed by atoms with Crippen molar-refractivity contribution in [2.24, 2.45) is 0 Å². The average Bonchev–Trinajstić information content (AvgIpc) is 2.42. The van der Waals surface area contributed by atoms with E-state index in [1.54, 1.807) is 14.2 Å². The Bertz CT molecular complexity index is 365. The van der Waals surface area contributed by atoms with Gasteiger partial charge in [0.2, 0.25) is 5.75 Å². The van der Waals surface area contributed by atoms with Crippen LogP contribution in [0.2, 0.25) is 0 Å². The molecule has 0 aliphatic carbocycles. The summed E-state index contributed by atoms with van der Waals surface area (Å²) in [5, 5.41) is 0. The highest BCUT2D eigenvalue weighted by Crippen LogP contribution is 2.36. The van der Waals surface area contributed by atoms with E-state index in [0.29, 0.717) is 43.1 Å². The van der Waals surface area contributed by atoms with E-state index in [4.69, 9.17) is 14.2 Å². The third-order valence-corrected chi connectivity index (χ3v) is 2.62. The molecule has 4 nitrogen and oxygen atoms in total. The number of rotatable bonds is 8. The molecule has 1 rings (SSSR count). The Hall–Kier alpha value is -1.71. The van der Waals surface area contributed by atoms with Crippen molar-refractivity contribution in [2.45, 2.75) is 26.2 Å². The topological polar surface area (TPSA) is 44.8 Å². The van der Waals surface area contributed by atoms with Gasteiger partial charge in [-0.15, -0.1) is 0 Å². The van der Waals surface area contributed by atoms with Gasteiger partial charge in [0.05, 0.1) is 20.8 Å². The Kier molecular flexibility index (Phi) is 6.05. The van der Waals surface area contributed by atoms with Crippen LogP contribution in [0.3, 0.4) is 0 Å². The fraction of sp³-hybridized carbons (Fsp3) is 0.500. The largest absolute Gasteiger partial charge is 0.493 e. The van der Waals surface area contributed by atoms with Crippen LogP contribution >= 0.6 is 0 Å². The summed E-state index contributed by atoms with van der Waals surface area (Å²) in [6, 6.07) is 5.47. The smallest absolute Gasteiger partial charge is 0.203 e. The maximum absolute atomic E-state index is 11.2. The lowest BCUT2D eigenvalue weighted by Gasteiger charge is -2.13. The summed E-state index contributed by atoms with van der Waals surface area (Å²) in [5.41, 5.74) is 0. The highest BCUT2D eigenvalue weighted by Gasteiger charge is 2.11. The van der Waals surface area contributed by atoms with Gasteiger partial charge >= 0.3 is 0 Å². The summed E-state index contributed by atoms with van der Waals surface area (Å²) in [5.74, 6) is 2.12. The van der Waals surface area contributed by atoms with Crippen molar-refractivity contribution in [1.29, 1.82) is 0 Å². The second kappa shape index (κ2) is 7.58. The molecule has 0 N–H and O–H groups in total. The van der Waals surface area contributed by atoms with Crippen LogP contribution in [0, 0.1) is 0 Å². The fourth-order valence-corrected chi connectivity index (χ4v) is 1.58. The molecule has 0 fully saturated rings. The number of methoxy groups -OCH3 is 2. The third kappa shape index (κ3) is 3.95. The van der Waals surface area contributed by atoms with E-state index < -0.39 is 0 Å². The molecule has 0 aromatic heterocycles. The molecule has 0 amide bonds. The van der Waals surface area contributed by atoms with Crippen molar-refractivity contribution in [1.82, 2.24) is 0 Å². The molecule has 0 radical (unpaired) electrons. The first-order valence-electron chi connectivity index (χ1n) is 6.08. The van der Waals surface area contributed by atoms with Crippen LogP contribution in [-0.4, -0.2) is 26.6 Å². The Morgan fingerprint density at radius 2 is 1.78 bits per heavy atom. The molecule has 1 aromatic rings. The zero-order valence-corrected chi connectivity index (χ0v) is 11.2. The van der Waals surface area contributed by atoms with Gasteiger partial charge < -0.3 is 14.2 Å². The van der Waals surface area contributed by atoms with E-state index >= 15 is 0 Å². The van der Waals surface area contributed by atoms with Gasteiger partial charge in [-0.05, 0) is 18.6 Å². The Balaban J connectivity index is 2.57. The van der Waals surface area contributed by atoms with Gasteiger partial charge in [0.15, 0.2) is 11.5 Å². The van der Waals surface area contributed by atoms with Gasteiger partial charge in [0.25, 0.3) is 0 Å². The molecule has 18 heavy (non-hydrogen) atoms. The second-order valence-electron chi connectivity index (χ2n) is 3.84. The molecular formula is C14H20O4. The van der Waals surface area contributed by atoms with E-state index in [0.717, 1.165) is 0 Å². The van der Waals surface area contributed by atoms with Gasteiger partial charge in [0.1, 0.15) is 5.78 Å². The highest BCUT2D eigenvalue weighted by atomic mass is 16.5. The molecule has 1 aromatic carbocycles. The molecular weight excluding hydrogens is 232 g/mol. The summed E-state index contributed by atoms with van der Waals surface area (Å²) in [7, 11) is 3.17. The van der Waals surface area contributed by atoms with Crippen LogP contribution in [-0.2, 0) is 4.79 Å². The zero-order valence-electron chi connectivity index (χ0n) is 11.2. The first-order chi connectivity index (χ1) is 8.72. The van der Waals surface area contributed by atoms with E-state index in [1.165, 1.54) is 0 Å². The van der Waals surface area contributed by atoms with E-state index in [9.17, 15) is 4.79 Å². The van der Waals surface area contributed by atoms with Gasteiger partial charge in [0, 0.05) is 12.8 Å². The SMILES string of the molecule is CCC(=O)CCCOc1c(OC)cccc1OC. The summed E-state index contributed by atoms with van der Waals surface area (Å²) in [4.78, 5) is 11.2. The molecule has 0 aliphatic rings. The number of ether oxygens (including phenoxy) is 3. The Morgan fingerprint density at radius 3 is 2.28 bits per heavy atom. The third-order valence-electron chi connectivity index (χ3n) is 2.62. The normalized spacial score (nSPS) is 9.94. The van der Waals surface area contributed by atoms with E-state index in [1.807, 2.05) is 25.1 Å². The van der Waals surface area contributed by atoms with Gasteiger partial charge in [-0.2, -0.15) is 0 Å². The van der Waals surface area contributed by atoms with Crippen LogP contribution in [0.5, 0.6) is 17.2 Å². The van der Waals surface area contributed by atoms with Crippen LogP contribution < -0.4 is 14.2 Å². The Labute approximate surface area is 108 Å². The van der Waals surface area contributed by atoms with Crippen molar-refractivity contribution < 1.29 is 19.0 Å². The molecule has 0 saturated carbocycles. The van der Waals surface area contributed by atoms with Crippen LogP contribution in [0.25, 0.3) is 0 Å². The van der Waals surface area contributed by atoms with Crippen molar-refractivity contribution >= 4 is 5.78 Å².